The van der Waals surface area contributed by atoms with E-state index in [1.165, 1.54) is 17.8 Å². The van der Waals surface area contributed by atoms with Crippen molar-refractivity contribution in [3.8, 4) is 22.9 Å². The molecule has 11 heteroatoms. The highest BCUT2D eigenvalue weighted by atomic mass is 32.2. The first-order valence-corrected chi connectivity index (χ1v) is 12.2. The van der Waals surface area contributed by atoms with E-state index < -0.39 is 4.92 Å². The van der Waals surface area contributed by atoms with Gasteiger partial charge in [0.1, 0.15) is 0 Å². The molecule has 0 atom stereocenters. The minimum atomic E-state index is -0.431. The topological polar surface area (TPSA) is 121 Å². The summed E-state index contributed by atoms with van der Waals surface area (Å²) in [5.74, 6) is 1.98. The molecule has 37 heavy (non-hydrogen) atoms. The van der Waals surface area contributed by atoms with Crippen LogP contribution >= 0.6 is 11.8 Å². The van der Waals surface area contributed by atoms with Crippen LogP contribution in [-0.4, -0.2) is 32.4 Å². The quantitative estimate of drug-likeness (QED) is 0.138. The average molecular weight is 516 g/mol. The van der Waals surface area contributed by atoms with Crippen molar-refractivity contribution >= 4 is 29.0 Å². The van der Waals surface area contributed by atoms with Crippen molar-refractivity contribution in [2.24, 2.45) is 0 Å². The van der Waals surface area contributed by atoms with Crippen LogP contribution in [0.25, 0.3) is 11.4 Å². The smallest absolute Gasteiger partial charge is 0.280 e. The van der Waals surface area contributed by atoms with Crippen LogP contribution in [0.1, 0.15) is 15.9 Å². The van der Waals surface area contributed by atoms with Crippen molar-refractivity contribution in [3.05, 3.63) is 101 Å². The van der Waals surface area contributed by atoms with Crippen molar-refractivity contribution in [1.82, 2.24) is 14.8 Å². The summed E-state index contributed by atoms with van der Waals surface area (Å²) < 4.78 is 12.4. The molecule has 0 radical (unpaired) electrons. The van der Waals surface area contributed by atoms with Gasteiger partial charge in [-0.25, -0.2) is 0 Å². The summed E-state index contributed by atoms with van der Waals surface area (Å²) in [6, 6.07) is 18.9. The molecule has 1 aliphatic heterocycles. The fourth-order valence-corrected chi connectivity index (χ4v) is 4.69. The molecule has 4 aromatic rings. The highest BCUT2D eigenvalue weighted by molar-refractivity contribution is 7.98. The van der Waals surface area contributed by atoms with Crippen molar-refractivity contribution in [2.45, 2.75) is 17.5 Å². The second-order valence-corrected chi connectivity index (χ2v) is 8.93. The maximum atomic E-state index is 12.7. The molecule has 2 heterocycles. The van der Waals surface area contributed by atoms with Crippen molar-refractivity contribution in [2.75, 3.05) is 12.1 Å². The molecule has 0 spiro atoms. The molecule has 0 aliphatic carbocycles. The van der Waals surface area contributed by atoms with E-state index in [1.807, 2.05) is 12.1 Å². The van der Waals surface area contributed by atoms with Crippen molar-refractivity contribution in [3.63, 3.8) is 0 Å². The summed E-state index contributed by atoms with van der Waals surface area (Å²) in [6.07, 6.45) is 1.69. The number of benzene rings is 3. The maximum absolute atomic E-state index is 12.7. The number of nitrogens with one attached hydrogen (secondary N) is 1. The molecule has 1 aromatic heterocycles. The number of aromatic nitrogens is 3. The SMILES string of the molecule is C=CCn1c(SCc2ccc(C(=O)Nc3ccc4c(c3)OCO4)cc2)nnc1-c1ccccc1[N+](=O)[O-]. The lowest BCUT2D eigenvalue weighted by Crippen LogP contribution is -2.11. The van der Waals surface area contributed by atoms with E-state index in [-0.39, 0.29) is 18.4 Å². The minimum Gasteiger partial charge on any atom is -0.454 e. The molecular formula is C26H21N5O5S. The van der Waals surface area contributed by atoms with Crippen LogP contribution in [0.4, 0.5) is 11.4 Å². The third kappa shape index (κ3) is 5.16. The first-order chi connectivity index (χ1) is 18.0. The molecular weight excluding hydrogens is 494 g/mol. The molecule has 1 N–H and O–H groups in total. The Balaban J connectivity index is 1.27. The van der Waals surface area contributed by atoms with Gasteiger partial charge in [-0.3, -0.25) is 19.5 Å². The second-order valence-electron chi connectivity index (χ2n) is 7.99. The van der Waals surface area contributed by atoms with Gasteiger partial charge in [0.2, 0.25) is 6.79 Å². The first-order valence-electron chi connectivity index (χ1n) is 11.2. The minimum absolute atomic E-state index is 0.0358. The Kier molecular flexibility index (Phi) is 6.86. The summed E-state index contributed by atoms with van der Waals surface area (Å²) >= 11 is 1.44. The van der Waals surface area contributed by atoms with Gasteiger partial charge in [-0.1, -0.05) is 42.1 Å². The van der Waals surface area contributed by atoms with Crippen LogP contribution in [0.15, 0.2) is 84.5 Å². The van der Waals surface area contributed by atoms with Crippen LogP contribution < -0.4 is 14.8 Å². The van der Waals surface area contributed by atoms with Crippen molar-refractivity contribution in [1.29, 1.82) is 0 Å². The predicted molar refractivity (Wildman–Crippen MR) is 139 cm³/mol. The van der Waals surface area contributed by atoms with Gasteiger partial charge in [-0.15, -0.1) is 16.8 Å². The number of carbonyl (C=O) groups is 1. The van der Waals surface area contributed by atoms with Crippen LogP contribution in [0, 0.1) is 10.1 Å². The summed E-state index contributed by atoms with van der Waals surface area (Å²) in [6.45, 7) is 4.36. The second kappa shape index (κ2) is 10.5. The number of nitrogens with zero attached hydrogens (tertiary/aromatic N) is 4. The van der Waals surface area contributed by atoms with Gasteiger partial charge in [0.15, 0.2) is 22.5 Å². The number of hydrogen-bond acceptors (Lipinski definition) is 8. The lowest BCUT2D eigenvalue weighted by Gasteiger charge is -2.09. The van der Waals surface area contributed by atoms with E-state index in [1.54, 1.807) is 59.2 Å². The lowest BCUT2D eigenvalue weighted by molar-refractivity contribution is -0.384. The van der Waals surface area contributed by atoms with Gasteiger partial charge in [-0.2, -0.15) is 0 Å². The number of nitro groups is 1. The van der Waals surface area contributed by atoms with Crippen LogP contribution in [0.3, 0.4) is 0 Å². The number of hydrogen-bond donors (Lipinski definition) is 1. The molecule has 3 aromatic carbocycles. The highest BCUT2D eigenvalue weighted by Gasteiger charge is 2.21. The third-order valence-corrected chi connectivity index (χ3v) is 6.62. The van der Waals surface area contributed by atoms with Crippen LogP contribution in [0.2, 0.25) is 0 Å². The monoisotopic (exact) mass is 515 g/mol. The molecule has 0 fully saturated rings. The fraction of sp³-hybridized carbons (Fsp3) is 0.115. The van der Waals surface area contributed by atoms with Crippen molar-refractivity contribution < 1.29 is 19.2 Å². The Bertz CT molecular complexity index is 1490. The van der Waals surface area contributed by atoms with E-state index in [4.69, 9.17) is 9.47 Å². The summed E-state index contributed by atoms with van der Waals surface area (Å²) in [5, 5.41) is 23.5. The van der Waals surface area contributed by atoms with Gasteiger partial charge in [-0.05, 0) is 35.9 Å². The van der Waals surface area contributed by atoms with Crippen LogP contribution in [-0.2, 0) is 12.3 Å². The molecule has 1 amide bonds. The number of nitro benzene ring substituents is 1. The molecule has 0 bridgehead atoms. The van der Waals surface area contributed by atoms with E-state index in [9.17, 15) is 14.9 Å². The standard InChI is InChI=1S/C26H21N5O5S/c1-2-13-30-24(20-5-3-4-6-21(20)31(33)34)28-29-26(30)37-15-17-7-9-18(10-8-17)25(32)27-19-11-12-22-23(14-19)36-16-35-22/h2-12,14H,1,13,15-16H2,(H,27,32). The zero-order chi connectivity index (χ0) is 25.8. The molecule has 5 rings (SSSR count). The van der Waals surface area contributed by atoms with E-state index in [2.05, 4.69) is 22.1 Å². The molecule has 0 unspecified atom stereocenters. The van der Waals surface area contributed by atoms with Gasteiger partial charge < -0.3 is 14.8 Å². The van der Waals surface area contributed by atoms with Gasteiger partial charge in [0.05, 0.1) is 10.5 Å². The summed E-state index contributed by atoms with van der Waals surface area (Å²) in [4.78, 5) is 23.7. The van der Waals surface area contributed by atoms with Gasteiger partial charge in [0, 0.05) is 35.7 Å². The number of para-hydroxylation sites is 1. The number of fused-ring (bicyclic) bond motifs is 1. The molecule has 186 valence electrons. The molecule has 0 saturated heterocycles. The zero-order valence-corrected chi connectivity index (χ0v) is 20.3. The van der Waals surface area contributed by atoms with Gasteiger partial charge in [0.25, 0.3) is 11.6 Å². The Morgan fingerprint density at radius 2 is 1.89 bits per heavy atom. The van der Waals surface area contributed by atoms with E-state index >= 15 is 0 Å². The van der Waals surface area contributed by atoms with Gasteiger partial charge >= 0.3 is 0 Å². The molecule has 1 aliphatic rings. The molecule has 0 saturated carbocycles. The lowest BCUT2D eigenvalue weighted by atomic mass is 10.1. The fourth-order valence-electron chi connectivity index (χ4n) is 3.79. The zero-order valence-electron chi connectivity index (χ0n) is 19.5. The first kappa shape index (κ1) is 24.1. The number of anilines is 1. The number of thioether (sulfide) groups is 1. The van der Waals surface area contributed by atoms with E-state index in [0.717, 1.165) is 5.56 Å². The maximum Gasteiger partial charge on any atom is 0.280 e. The largest absolute Gasteiger partial charge is 0.454 e. The predicted octanol–water partition coefficient (Wildman–Crippen LogP) is 5.31. The number of carbonyl (C=O) groups excluding carboxylic acids is 1. The Morgan fingerprint density at radius 3 is 2.68 bits per heavy atom. The number of rotatable bonds is 9. The normalized spacial score (nSPS) is 11.8. The average Bonchev–Trinajstić information content (AvgIpc) is 3.54. The Hall–Kier alpha value is -4.64. The summed E-state index contributed by atoms with van der Waals surface area (Å²) in [5.41, 5.74) is 2.47. The number of amides is 1. The number of ether oxygens (including phenoxy) is 2. The summed E-state index contributed by atoms with van der Waals surface area (Å²) in [7, 11) is 0. The molecule has 10 nitrogen and oxygen atoms in total. The Morgan fingerprint density at radius 1 is 1.11 bits per heavy atom. The highest BCUT2D eigenvalue weighted by Crippen LogP contribution is 2.34. The van der Waals surface area contributed by atoms with E-state index in [0.29, 0.717) is 51.6 Å². The Labute approximate surface area is 216 Å². The number of allylic oxidation sites excluding steroid dienone is 1. The third-order valence-electron chi connectivity index (χ3n) is 5.58. The van der Waals surface area contributed by atoms with Crippen LogP contribution in [0.5, 0.6) is 11.5 Å².